The molecular formula is C21H24BrF4N3O2. The molecule has 0 fully saturated rings. The van der Waals surface area contributed by atoms with Crippen LogP contribution in [0.25, 0.3) is 0 Å². The summed E-state index contributed by atoms with van der Waals surface area (Å²) in [7, 11) is 0. The Morgan fingerprint density at radius 2 is 1.87 bits per heavy atom. The Morgan fingerprint density at radius 3 is 2.39 bits per heavy atom. The van der Waals surface area contributed by atoms with E-state index in [1.165, 1.54) is 24.3 Å². The molecule has 0 unspecified atom stereocenters. The maximum Gasteiger partial charge on any atom is 0.422 e. The van der Waals surface area contributed by atoms with Gasteiger partial charge < -0.3 is 11.1 Å². The molecular weight excluding hydrogens is 482 g/mol. The highest BCUT2D eigenvalue weighted by Crippen LogP contribution is 2.40. The maximum absolute atomic E-state index is 14.5. The lowest BCUT2D eigenvalue weighted by atomic mass is 9.86. The molecule has 0 radical (unpaired) electrons. The Kier molecular flexibility index (Phi) is 7.76. The van der Waals surface area contributed by atoms with Crippen LogP contribution in [0.15, 0.2) is 28.7 Å². The van der Waals surface area contributed by atoms with E-state index in [0.29, 0.717) is 4.47 Å². The minimum absolute atomic E-state index is 0.0506. The lowest BCUT2D eigenvalue weighted by Crippen LogP contribution is -2.62. The van der Waals surface area contributed by atoms with Gasteiger partial charge in [-0.15, -0.1) is 5.92 Å². The van der Waals surface area contributed by atoms with Crippen molar-refractivity contribution in [1.29, 1.82) is 0 Å². The van der Waals surface area contributed by atoms with Gasteiger partial charge in [-0.3, -0.25) is 14.9 Å². The summed E-state index contributed by atoms with van der Waals surface area (Å²) >= 11 is 3.18. The summed E-state index contributed by atoms with van der Waals surface area (Å²) in [6.07, 6.45) is -5.12. The summed E-state index contributed by atoms with van der Waals surface area (Å²) in [5, 5.41) is 4.65. The predicted molar refractivity (Wildman–Crippen MR) is 111 cm³/mol. The van der Waals surface area contributed by atoms with Crippen LogP contribution in [0.4, 0.5) is 17.6 Å². The first-order valence-corrected chi connectivity index (χ1v) is 10.4. The van der Waals surface area contributed by atoms with E-state index >= 15 is 0 Å². The Balaban J connectivity index is 2.65. The summed E-state index contributed by atoms with van der Waals surface area (Å²) in [6.45, 7) is 2.30. The summed E-state index contributed by atoms with van der Waals surface area (Å²) in [6, 6.07) is 2.59. The zero-order chi connectivity index (χ0) is 23.4. The summed E-state index contributed by atoms with van der Waals surface area (Å²) in [5.41, 5.74) is 0.164. The minimum atomic E-state index is -4.94. The highest BCUT2D eigenvalue weighted by Gasteiger charge is 2.57. The topological polar surface area (TPSA) is 84.2 Å². The van der Waals surface area contributed by atoms with Crippen LogP contribution in [0.2, 0.25) is 0 Å². The van der Waals surface area contributed by atoms with Gasteiger partial charge in [-0.2, -0.15) is 13.2 Å². The van der Waals surface area contributed by atoms with Crippen molar-refractivity contribution in [1.82, 2.24) is 10.6 Å². The van der Waals surface area contributed by atoms with Crippen molar-refractivity contribution in [2.75, 3.05) is 0 Å². The fourth-order valence-electron chi connectivity index (χ4n) is 3.31. The third-order valence-corrected chi connectivity index (χ3v) is 5.36. The van der Waals surface area contributed by atoms with Crippen LogP contribution in [0.5, 0.6) is 0 Å². The number of amides is 2. The number of carbonyl (C=O) groups is 2. The molecule has 31 heavy (non-hydrogen) atoms. The third kappa shape index (κ3) is 6.43. The highest BCUT2D eigenvalue weighted by atomic mass is 79.9. The van der Waals surface area contributed by atoms with Crippen LogP contribution in [0, 0.1) is 11.8 Å². The summed E-state index contributed by atoms with van der Waals surface area (Å²) < 4.78 is 58.5. The van der Waals surface area contributed by atoms with Gasteiger partial charge in [0, 0.05) is 17.3 Å². The van der Waals surface area contributed by atoms with Gasteiger partial charge in [-0.25, -0.2) is 4.39 Å². The third-order valence-electron chi connectivity index (χ3n) is 4.83. The molecule has 0 aromatic heterocycles. The number of rotatable bonds is 4. The smallest absolute Gasteiger partial charge is 0.368 e. The van der Waals surface area contributed by atoms with Gasteiger partial charge in [-0.1, -0.05) is 34.0 Å². The Morgan fingerprint density at radius 1 is 1.26 bits per heavy atom. The van der Waals surface area contributed by atoms with E-state index in [1.807, 2.05) is 0 Å². The Labute approximate surface area is 186 Å². The van der Waals surface area contributed by atoms with E-state index in [1.54, 1.807) is 0 Å². The van der Waals surface area contributed by atoms with E-state index in [-0.39, 0.29) is 24.8 Å². The standard InChI is InChI=1S/C21H24BrF4N3O2/c1-19(2,23)12-16-18(31)28-15(17(27)30)6-4-3-5-11-20(29-16,21(24,25)26)13-7-9-14(22)10-8-13/h7-10,15-16,29H,3-4,6,12H2,1-2H3,(H2,27,30)(H,28,31)/t15-,16-,20-/m0/s1. The van der Waals surface area contributed by atoms with Gasteiger partial charge in [0.25, 0.3) is 0 Å². The average Bonchev–Trinajstić information content (AvgIpc) is 2.65. The van der Waals surface area contributed by atoms with Crippen LogP contribution >= 0.6 is 15.9 Å². The lowest BCUT2D eigenvalue weighted by Gasteiger charge is -2.37. The number of hydrogen-bond acceptors (Lipinski definition) is 3. The van der Waals surface area contributed by atoms with E-state index in [4.69, 9.17) is 5.73 Å². The monoisotopic (exact) mass is 505 g/mol. The molecule has 5 nitrogen and oxygen atoms in total. The molecule has 0 saturated carbocycles. The molecule has 1 aromatic carbocycles. The normalized spacial score (nSPS) is 25.6. The van der Waals surface area contributed by atoms with E-state index in [2.05, 4.69) is 38.4 Å². The number of alkyl halides is 4. The second-order valence-corrected chi connectivity index (χ2v) is 8.95. The fourth-order valence-corrected chi connectivity index (χ4v) is 3.58. The molecule has 2 amide bonds. The van der Waals surface area contributed by atoms with Gasteiger partial charge in [-0.05, 0) is 44.4 Å². The van der Waals surface area contributed by atoms with E-state index in [0.717, 1.165) is 13.8 Å². The van der Waals surface area contributed by atoms with Crippen LogP contribution in [-0.2, 0) is 15.1 Å². The second kappa shape index (κ2) is 9.57. The van der Waals surface area contributed by atoms with Crippen LogP contribution in [-0.4, -0.2) is 35.7 Å². The Hall–Kier alpha value is -2.12. The van der Waals surface area contributed by atoms with Crippen molar-refractivity contribution >= 4 is 27.7 Å². The molecule has 0 spiro atoms. The quantitative estimate of drug-likeness (QED) is 0.432. The predicted octanol–water partition coefficient (Wildman–Crippen LogP) is 3.46. The largest absolute Gasteiger partial charge is 0.422 e. The minimum Gasteiger partial charge on any atom is -0.368 e. The average molecular weight is 506 g/mol. The second-order valence-electron chi connectivity index (χ2n) is 8.03. The number of hydrogen-bond donors (Lipinski definition) is 3. The molecule has 3 atom stereocenters. The molecule has 1 aromatic rings. The zero-order valence-corrected chi connectivity index (χ0v) is 18.7. The molecule has 0 saturated heterocycles. The molecule has 170 valence electrons. The van der Waals surface area contributed by atoms with Crippen LogP contribution in [0.1, 0.15) is 45.1 Å². The van der Waals surface area contributed by atoms with Crippen molar-refractivity contribution in [2.45, 2.75) is 69.0 Å². The maximum atomic E-state index is 14.5. The number of carbonyl (C=O) groups excluding carboxylic acids is 2. The lowest BCUT2D eigenvalue weighted by molar-refractivity contribution is -0.185. The molecule has 2 rings (SSSR count). The molecule has 1 heterocycles. The summed E-state index contributed by atoms with van der Waals surface area (Å²) in [5.74, 6) is 3.01. The van der Waals surface area contributed by atoms with Gasteiger partial charge in [0.2, 0.25) is 17.4 Å². The van der Waals surface area contributed by atoms with Gasteiger partial charge in [0.1, 0.15) is 11.7 Å². The molecule has 0 bridgehead atoms. The van der Waals surface area contributed by atoms with Gasteiger partial charge in [0.05, 0.1) is 6.04 Å². The first-order valence-electron chi connectivity index (χ1n) is 9.64. The van der Waals surface area contributed by atoms with Crippen molar-refractivity contribution in [3.05, 3.63) is 34.3 Å². The highest BCUT2D eigenvalue weighted by molar-refractivity contribution is 9.10. The molecule has 0 aliphatic carbocycles. The number of primary amides is 1. The fraction of sp³-hybridized carbons (Fsp3) is 0.524. The molecule has 1 aliphatic heterocycles. The van der Waals surface area contributed by atoms with E-state index < -0.39 is 47.7 Å². The van der Waals surface area contributed by atoms with Crippen molar-refractivity contribution in [3.8, 4) is 11.8 Å². The van der Waals surface area contributed by atoms with Crippen LogP contribution < -0.4 is 16.4 Å². The van der Waals surface area contributed by atoms with Gasteiger partial charge in [0.15, 0.2) is 0 Å². The number of halogens is 5. The van der Waals surface area contributed by atoms with Crippen LogP contribution in [0.3, 0.4) is 0 Å². The van der Waals surface area contributed by atoms with Gasteiger partial charge >= 0.3 is 6.18 Å². The number of nitrogens with two attached hydrogens (primary N) is 1. The van der Waals surface area contributed by atoms with Crippen molar-refractivity contribution in [2.24, 2.45) is 5.73 Å². The summed E-state index contributed by atoms with van der Waals surface area (Å²) in [4.78, 5) is 24.5. The molecule has 4 N–H and O–H groups in total. The molecule has 10 heteroatoms. The SMILES string of the molecule is CC(C)(F)C[C@@H]1N[C@@](c2ccc(Br)cc2)(C(F)(F)F)C#CCCC[C@@H](C(N)=O)NC1=O. The zero-order valence-electron chi connectivity index (χ0n) is 17.1. The first-order chi connectivity index (χ1) is 14.2. The Bertz CT molecular complexity index is 872. The van der Waals surface area contributed by atoms with Crippen molar-refractivity contribution in [3.63, 3.8) is 0 Å². The van der Waals surface area contributed by atoms with E-state index in [9.17, 15) is 27.2 Å². The molecule has 1 aliphatic rings. The van der Waals surface area contributed by atoms with Crippen molar-refractivity contribution < 1.29 is 27.2 Å². The first kappa shape index (κ1) is 25.1. The number of nitrogens with one attached hydrogen (secondary N) is 2. The number of benzene rings is 1.